The molecule has 0 N–H and O–H groups in total. The topological polar surface area (TPSA) is 36.9 Å². The van der Waals surface area contributed by atoms with Crippen LogP contribution in [0.2, 0.25) is 0 Å². The van der Waals surface area contributed by atoms with Gasteiger partial charge in [-0.1, -0.05) is 32.3 Å². The molecule has 1 aliphatic heterocycles. The van der Waals surface area contributed by atoms with Crippen LogP contribution in [0.4, 0.5) is 35.1 Å². The molecule has 0 amide bonds. The Kier molecular flexibility index (Phi) is 10.1. The molecule has 226 valence electrons. The van der Waals surface area contributed by atoms with E-state index in [9.17, 15) is 35.1 Å². The van der Waals surface area contributed by atoms with Gasteiger partial charge in [-0.2, -0.15) is 17.6 Å². The molecule has 0 radical (unpaired) electrons. The highest BCUT2D eigenvalue weighted by Gasteiger charge is 2.38. The van der Waals surface area contributed by atoms with Crippen molar-refractivity contribution in [1.82, 2.24) is 0 Å². The van der Waals surface area contributed by atoms with Crippen LogP contribution >= 0.6 is 0 Å². The van der Waals surface area contributed by atoms with Gasteiger partial charge >= 0.3 is 12.2 Å². The highest BCUT2D eigenvalue weighted by atomic mass is 19.3. The van der Waals surface area contributed by atoms with Gasteiger partial charge in [0.15, 0.2) is 29.9 Å². The third-order valence-electron chi connectivity index (χ3n) is 6.52. The van der Waals surface area contributed by atoms with E-state index in [1.54, 1.807) is 0 Å². The van der Waals surface area contributed by atoms with Gasteiger partial charge < -0.3 is 18.9 Å². The summed E-state index contributed by atoms with van der Waals surface area (Å²) >= 11 is 0. The first-order valence-corrected chi connectivity index (χ1v) is 13.0. The van der Waals surface area contributed by atoms with Crippen molar-refractivity contribution in [1.29, 1.82) is 0 Å². The highest BCUT2D eigenvalue weighted by Crippen LogP contribution is 2.38. The van der Waals surface area contributed by atoms with Crippen LogP contribution in [-0.4, -0.2) is 13.2 Å². The van der Waals surface area contributed by atoms with Crippen molar-refractivity contribution in [2.75, 3.05) is 13.2 Å². The summed E-state index contributed by atoms with van der Waals surface area (Å²) in [5.41, 5.74) is -1.71. The second-order valence-corrected chi connectivity index (χ2v) is 9.65. The van der Waals surface area contributed by atoms with E-state index in [2.05, 4.69) is 16.4 Å². The summed E-state index contributed by atoms with van der Waals surface area (Å²) in [6.45, 7) is 2.89. The lowest BCUT2D eigenvalue weighted by molar-refractivity contribution is -0.206. The summed E-state index contributed by atoms with van der Waals surface area (Å²) in [4.78, 5) is 0. The van der Waals surface area contributed by atoms with E-state index in [-0.39, 0.29) is 23.3 Å². The molecule has 3 aromatic carbocycles. The van der Waals surface area contributed by atoms with Gasteiger partial charge in [0.05, 0.1) is 18.8 Å². The number of ether oxygens (including phenoxy) is 4. The minimum absolute atomic E-state index is 0.174. The first-order valence-electron chi connectivity index (χ1n) is 13.0. The fourth-order valence-corrected chi connectivity index (χ4v) is 4.43. The van der Waals surface area contributed by atoms with Crippen molar-refractivity contribution in [3.8, 4) is 22.6 Å². The van der Waals surface area contributed by atoms with Crippen molar-refractivity contribution in [3.63, 3.8) is 0 Å². The van der Waals surface area contributed by atoms with Crippen LogP contribution < -0.4 is 9.47 Å². The lowest BCUT2D eigenvalue weighted by atomic mass is 10.0. The van der Waals surface area contributed by atoms with E-state index < -0.39 is 64.4 Å². The maximum Gasteiger partial charge on any atom is 0.429 e. The number of benzene rings is 3. The molecule has 1 aliphatic rings. The van der Waals surface area contributed by atoms with E-state index in [0.717, 1.165) is 49.9 Å². The van der Waals surface area contributed by atoms with Crippen LogP contribution in [-0.2, 0) is 15.6 Å². The van der Waals surface area contributed by atoms with E-state index in [4.69, 9.17) is 9.47 Å². The maximum absolute atomic E-state index is 14.9. The molecule has 0 spiro atoms. The Bertz CT molecular complexity index is 1390. The van der Waals surface area contributed by atoms with Crippen molar-refractivity contribution in [3.05, 3.63) is 95.3 Å². The first-order chi connectivity index (χ1) is 20.0. The molecule has 12 heteroatoms. The van der Waals surface area contributed by atoms with Gasteiger partial charge in [0.1, 0.15) is 17.4 Å². The number of rotatable bonds is 11. The summed E-state index contributed by atoms with van der Waals surface area (Å²) in [7, 11) is 0. The molecule has 42 heavy (non-hydrogen) atoms. The van der Waals surface area contributed by atoms with Crippen LogP contribution in [0, 0.1) is 29.2 Å². The molecule has 0 atom stereocenters. The predicted octanol–water partition coefficient (Wildman–Crippen LogP) is 9.40. The van der Waals surface area contributed by atoms with Gasteiger partial charge in [-0.15, -0.1) is 0 Å². The predicted molar refractivity (Wildman–Crippen MR) is 136 cm³/mol. The van der Waals surface area contributed by atoms with Crippen molar-refractivity contribution >= 4 is 0 Å². The Labute approximate surface area is 236 Å². The Morgan fingerprint density at radius 3 is 2.17 bits per heavy atom. The third-order valence-corrected chi connectivity index (χ3v) is 6.52. The average Bonchev–Trinajstić information content (AvgIpc) is 2.92. The molecular formula is C30H26F8O4. The van der Waals surface area contributed by atoms with E-state index in [0.29, 0.717) is 31.4 Å². The van der Waals surface area contributed by atoms with Gasteiger partial charge in [-0.3, -0.25) is 0 Å². The number of hydrogen-bond acceptors (Lipinski definition) is 4. The summed E-state index contributed by atoms with van der Waals surface area (Å²) in [5.74, 6) is -6.99. The van der Waals surface area contributed by atoms with E-state index in [1.165, 1.54) is 6.07 Å². The third kappa shape index (κ3) is 7.60. The monoisotopic (exact) mass is 602 g/mol. The van der Waals surface area contributed by atoms with Crippen LogP contribution in [0.15, 0.2) is 60.9 Å². The summed E-state index contributed by atoms with van der Waals surface area (Å²) in [6, 6.07) is 6.43. The number of hydrogen-bond donors (Lipinski definition) is 0. The highest BCUT2D eigenvalue weighted by molar-refractivity contribution is 5.66. The molecule has 0 unspecified atom stereocenters. The maximum atomic E-state index is 14.9. The zero-order valence-corrected chi connectivity index (χ0v) is 22.3. The lowest BCUT2D eigenvalue weighted by Gasteiger charge is -2.30. The van der Waals surface area contributed by atoms with Crippen LogP contribution in [0.1, 0.15) is 50.0 Å². The second-order valence-electron chi connectivity index (χ2n) is 9.65. The minimum Gasteiger partial charge on any atom is -0.453 e. The number of unbranched alkanes of at least 4 members (excludes halogenated alkanes) is 2. The second kappa shape index (κ2) is 13.6. The quantitative estimate of drug-likeness (QED) is 0.125. The molecule has 3 aromatic rings. The van der Waals surface area contributed by atoms with Crippen molar-refractivity contribution < 1.29 is 54.1 Å². The Morgan fingerprint density at radius 1 is 0.881 bits per heavy atom. The van der Waals surface area contributed by atoms with Gasteiger partial charge in [-0.25, -0.2) is 17.6 Å². The van der Waals surface area contributed by atoms with Crippen LogP contribution in [0.5, 0.6) is 11.5 Å². The first kappa shape index (κ1) is 31.3. The van der Waals surface area contributed by atoms with Crippen LogP contribution in [0.25, 0.3) is 11.1 Å². The van der Waals surface area contributed by atoms with Gasteiger partial charge in [-0.05, 0) is 48.4 Å². The number of halogens is 8. The van der Waals surface area contributed by atoms with Gasteiger partial charge in [0.25, 0.3) is 0 Å². The largest absolute Gasteiger partial charge is 0.453 e. The van der Waals surface area contributed by atoms with E-state index >= 15 is 0 Å². The summed E-state index contributed by atoms with van der Waals surface area (Å²) in [6.07, 6.45) is -3.53. The van der Waals surface area contributed by atoms with Gasteiger partial charge in [0.2, 0.25) is 0 Å². The summed E-state index contributed by atoms with van der Waals surface area (Å²) < 4.78 is 132. The fourth-order valence-electron chi connectivity index (χ4n) is 4.43. The van der Waals surface area contributed by atoms with E-state index in [1.807, 2.05) is 0 Å². The number of alkyl halides is 2. The molecule has 1 heterocycles. The minimum atomic E-state index is -4.23. The summed E-state index contributed by atoms with van der Waals surface area (Å²) in [5, 5.41) is 0. The Hall–Kier alpha value is -3.64. The SMILES string of the molecule is CCCCCC1COC(c2ccc(C(F)(F)Oc3ccc(-c4cc(F)c(OC=C(F)F)c(F)c4)c(F)c3)c(F)c2)OC1. The average molecular weight is 603 g/mol. The molecular weight excluding hydrogens is 576 g/mol. The van der Waals surface area contributed by atoms with Crippen LogP contribution in [0.3, 0.4) is 0 Å². The molecule has 4 rings (SSSR count). The fraction of sp³-hybridized carbons (Fsp3) is 0.333. The van der Waals surface area contributed by atoms with Crippen molar-refractivity contribution in [2.24, 2.45) is 5.92 Å². The molecule has 1 saturated heterocycles. The molecule has 0 saturated carbocycles. The molecule has 0 aliphatic carbocycles. The Morgan fingerprint density at radius 2 is 1.57 bits per heavy atom. The standard InChI is InChI=1S/C30H26F8O4/c1-2-3-4-5-17-14-40-29(41-15-17)18-6-9-22(24(32)10-18)30(37,38)42-20-7-8-21(23(31)13-20)19-11-25(33)28(26(34)12-19)39-16-27(35)36/h6-13,16-17,29H,2-5,14-15H2,1H3. The smallest absolute Gasteiger partial charge is 0.429 e. The normalized spacial score (nSPS) is 17.2. The van der Waals surface area contributed by atoms with Crippen molar-refractivity contribution in [2.45, 2.75) is 45.0 Å². The zero-order valence-electron chi connectivity index (χ0n) is 22.3. The molecule has 0 aromatic heterocycles. The molecule has 0 bridgehead atoms. The molecule has 1 fully saturated rings. The zero-order chi connectivity index (χ0) is 30.4. The van der Waals surface area contributed by atoms with Gasteiger partial charge in [0, 0.05) is 23.1 Å². The molecule has 4 nitrogen and oxygen atoms in total. The lowest BCUT2D eigenvalue weighted by Crippen LogP contribution is -2.27. The Balaban J connectivity index is 1.45.